The molecule has 2 aromatic heterocycles. The average molecular weight is 313 g/mol. The molecule has 0 spiro atoms. The predicted molar refractivity (Wildman–Crippen MR) is 87.9 cm³/mol. The molecule has 0 unspecified atom stereocenters. The van der Waals surface area contributed by atoms with E-state index in [1.165, 1.54) is 11.8 Å². The molecule has 6 heteroatoms. The Morgan fingerprint density at radius 3 is 3.14 bits per heavy atom. The van der Waals surface area contributed by atoms with E-state index in [1.807, 2.05) is 13.1 Å². The molecule has 22 heavy (non-hydrogen) atoms. The van der Waals surface area contributed by atoms with E-state index in [-0.39, 0.29) is 5.91 Å². The summed E-state index contributed by atoms with van der Waals surface area (Å²) in [6.45, 7) is 0.709. The summed E-state index contributed by atoms with van der Waals surface area (Å²) in [5.41, 5.74) is 3.07. The minimum absolute atomic E-state index is 0.0885. The SMILES string of the molecule is CNc1nc2cc3c(cc2s1)CCCN3C(=O)c1ccco1. The molecule has 0 bridgehead atoms. The number of furan rings is 1. The standard InChI is InChI=1S/C16H15N3O2S/c1-17-16-18-11-9-12-10(8-14(11)22-16)4-2-6-19(12)15(20)13-5-3-7-21-13/h3,5,7-9H,2,4,6H2,1H3,(H,17,18). The first-order valence-electron chi connectivity index (χ1n) is 7.23. The van der Waals surface area contributed by atoms with Gasteiger partial charge in [-0.3, -0.25) is 4.79 Å². The van der Waals surface area contributed by atoms with Crippen LogP contribution in [0.2, 0.25) is 0 Å². The Hall–Kier alpha value is -2.34. The van der Waals surface area contributed by atoms with Gasteiger partial charge in [-0.25, -0.2) is 4.98 Å². The Balaban J connectivity index is 1.81. The second-order valence-electron chi connectivity index (χ2n) is 5.26. The van der Waals surface area contributed by atoms with Gasteiger partial charge in [0.1, 0.15) is 0 Å². The van der Waals surface area contributed by atoms with E-state index in [0.29, 0.717) is 12.3 Å². The number of aromatic nitrogens is 1. The quantitative estimate of drug-likeness (QED) is 0.786. The maximum Gasteiger partial charge on any atom is 0.293 e. The second kappa shape index (κ2) is 5.14. The van der Waals surface area contributed by atoms with E-state index in [2.05, 4.69) is 16.4 Å². The van der Waals surface area contributed by atoms with Crippen molar-refractivity contribution in [2.24, 2.45) is 0 Å². The first-order chi connectivity index (χ1) is 10.8. The molecular formula is C16H15N3O2S. The third-order valence-corrected chi connectivity index (χ3v) is 4.93. The van der Waals surface area contributed by atoms with Gasteiger partial charge < -0.3 is 14.6 Å². The van der Waals surface area contributed by atoms with Crippen molar-refractivity contribution in [2.75, 3.05) is 23.8 Å². The van der Waals surface area contributed by atoms with Crippen LogP contribution in [0.1, 0.15) is 22.5 Å². The van der Waals surface area contributed by atoms with E-state index < -0.39 is 0 Å². The largest absolute Gasteiger partial charge is 0.459 e. The second-order valence-corrected chi connectivity index (χ2v) is 6.29. The zero-order valence-electron chi connectivity index (χ0n) is 12.1. The Morgan fingerprint density at radius 1 is 1.45 bits per heavy atom. The van der Waals surface area contributed by atoms with Gasteiger partial charge in [-0.05, 0) is 42.7 Å². The van der Waals surface area contributed by atoms with Crippen LogP contribution < -0.4 is 10.2 Å². The molecule has 0 saturated carbocycles. The molecule has 1 aromatic carbocycles. The number of carbonyl (C=O) groups is 1. The summed E-state index contributed by atoms with van der Waals surface area (Å²) >= 11 is 1.63. The molecule has 1 aliphatic heterocycles. The number of carbonyl (C=O) groups excluding carboxylic acids is 1. The summed E-state index contributed by atoms with van der Waals surface area (Å²) in [6.07, 6.45) is 3.48. The molecule has 1 aliphatic rings. The molecule has 1 amide bonds. The van der Waals surface area contributed by atoms with Gasteiger partial charge in [0, 0.05) is 19.3 Å². The van der Waals surface area contributed by atoms with Crippen LogP contribution in [0, 0.1) is 0 Å². The lowest BCUT2D eigenvalue weighted by molar-refractivity contribution is 0.0958. The maximum absolute atomic E-state index is 12.6. The molecule has 112 valence electrons. The van der Waals surface area contributed by atoms with Gasteiger partial charge in [0.2, 0.25) is 0 Å². The first kappa shape index (κ1) is 13.3. The number of benzene rings is 1. The first-order valence-corrected chi connectivity index (χ1v) is 8.04. The molecule has 3 aromatic rings. The number of anilines is 2. The van der Waals surface area contributed by atoms with Crippen molar-refractivity contribution in [3.63, 3.8) is 0 Å². The molecule has 3 heterocycles. The highest BCUT2D eigenvalue weighted by molar-refractivity contribution is 7.22. The minimum Gasteiger partial charge on any atom is -0.459 e. The Morgan fingerprint density at radius 2 is 2.36 bits per heavy atom. The molecule has 4 rings (SSSR count). The van der Waals surface area contributed by atoms with E-state index >= 15 is 0 Å². The number of amides is 1. The number of hydrogen-bond acceptors (Lipinski definition) is 5. The molecule has 0 fully saturated rings. The van der Waals surface area contributed by atoms with Crippen molar-refractivity contribution in [3.8, 4) is 0 Å². The zero-order valence-corrected chi connectivity index (χ0v) is 12.9. The molecule has 0 aliphatic carbocycles. The van der Waals surface area contributed by atoms with Crippen molar-refractivity contribution >= 4 is 38.3 Å². The Kier molecular flexibility index (Phi) is 3.11. The number of nitrogens with zero attached hydrogens (tertiary/aromatic N) is 2. The third-order valence-electron chi connectivity index (χ3n) is 3.90. The van der Waals surface area contributed by atoms with Gasteiger partial charge >= 0.3 is 0 Å². The van der Waals surface area contributed by atoms with Gasteiger partial charge in [-0.15, -0.1) is 0 Å². The van der Waals surface area contributed by atoms with Gasteiger partial charge in [-0.1, -0.05) is 11.3 Å². The van der Waals surface area contributed by atoms with Gasteiger partial charge in [0.05, 0.1) is 16.5 Å². The predicted octanol–water partition coefficient (Wildman–Crippen LogP) is 3.52. The fourth-order valence-electron chi connectivity index (χ4n) is 2.86. The highest BCUT2D eigenvalue weighted by Gasteiger charge is 2.26. The highest BCUT2D eigenvalue weighted by atomic mass is 32.1. The number of fused-ring (bicyclic) bond motifs is 2. The fraction of sp³-hybridized carbons (Fsp3) is 0.250. The van der Waals surface area contributed by atoms with Crippen LogP contribution in [0.3, 0.4) is 0 Å². The van der Waals surface area contributed by atoms with E-state index in [4.69, 9.17) is 4.42 Å². The van der Waals surface area contributed by atoms with E-state index in [9.17, 15) is 4.79 Å². The molecule has 0 saturated heterocycles. The van der Waals surface area contributed by atoms with Crippen LogP contribution in [0.15, 0.2) is 34.9 Å². The zero-order chi connectivity index (χ0) is 15.1. The summed E-state index contributed by atoms with van der Waals surface area (Å²) in [5.74, 6) is 0.288. The van der Waals surface area contributed by atoms with Gasteiger partial charge in [-0.2, -0.15) is 0 Å². The number of aryl methyl sites for hydroxylation is 1. The van der Waals surface area contributed by atoms with Crippen molar-refractivity contribution in [2.45, 2.75) is 12.8 Å². The van der Waals surface area contributed by atoms with Crippen molar-refractivity contribution in [1.82, 2.24) is 4.98 Å². The number of thiazole rings is 1. The van der Waals surface area contributed by atoms with Crippen LogP contribution in [0.5, 0.6) is 0 Å². The number of rotatable bonds is 2. The average Bonchev–Trinajstić information content (AvgIpc) is 3.20. The van der Waals surface area contributed by atoms with Gasteiger partial charge in [0.15, 0.2) is 10.9 Å². The lowest BCUT2D eigenvalue weighted by Gasteiger charge is -2.28. The highest BCUT2D eigenvalue weighted by Crippen LogP contribution is 2.35. The number of nitrogens with one attached hydrogen (secondary N) is 1. The molecule has 1 N–H and O–H groups in total. The molecule has 5 nitrogen and oxygen atoms in total. The van der Waals surface area contributed by atoms with Crippen LogP contribution in [0.25, 0.3) is 10.2 Å². The van der Waals surface area contributed by atoms with E-state index in [1.54, 1.807) is 28.4 Å². The summed E-state index contributed by atoms with van der Waals surface area (Å²) in [4.78, 5) is 19.0. The summed E-state index contributed by atoms with van der Waals surface area (Å²) in [5, 5.41) is 3.97. The molecule has 0 radical (unpaired) electrons. The topological polar surface area (TPSA) is 58.4 Å². The van der Waals surface area contributed by atoms with Crippen LogP contribution in [0.4, 0.5) is 10.8 Å². The molecular weight excluding hydrogens is 298 g/mol. The lowest BCUT2D eigenvalue weighted by Crippen LogP contribution is -2.35. The monoisotopic (exact) mass is 313 g/mol. The van der Waals surface area contributed by atoms with Gasteiger partial charge in [0.25, 0.3) is 5.91 Å². The fourth-order valence-corrected chi connectivity index (χ4v) is 3.72. The maximum atomic E-state index is 12.6. The smallest absolute Gasteiger partial charge is 0.293 e. The van der Waals surface area contributed by atoms with Crippen LogP contribution in [-0.4, -0.2) is 24.5 Å². The summed E-state index contributed by atoms with van der Waals surface area (Å²) in [7, 11) is 1.87. The third kappa shape index (κ3) is 2.07. The van der Waals surface area contributed by atoms with Crippen molar-refractivity contribution in [3.05, 3.63) is 41.9 Å². The number of hydrogen-bond donors (Lipinski definition) is 1. The minimum atomic E-state index is -0.0885. The normalized spacial score (nSPS) is 14.1. The van der Waals surface area contributed by atoms with Crippen LogP contribution >= 0.6 is 11.3 Å². The Bertz CT molecular complexity index is 839. The van der Waals surface area contributed by atoms with E-state index in [0.717, 1.165) is 33.9 Å². The lowest BCUT2D eigenvalue weighted by atomic mass is 10.0. The molecule has 0 atom stereocenters. The van der Waals surface area contributed by atoms with Crippen molar-refractivity contribution < 1.29 is 9.21 Å². The van der Waals surface area contributed by atoms with Crippen molar-refractivity contribution in [1.29, 1.82) is 0 Å². The summed E-state index contributed by atoms with van der Waals surface area (Å²) in [6, 6.07) is 7.62. The van der Waals surface area contributed by atoms with Crippen LogP contribution in [-0.2, 0) is 6.42 Å². The summed E-state index contributed by atoms with van der Waals surface area (Å²) < 4.78 is 6.41. The Labute approximate surface area is 131 Å².